The van der Waals surface area contributed by atoms with Gasteiger partial charge in [-0.05, 0) is 43.3 Å². The Morgan fingerprint density at radius 1 is 1.45 bits per heavy atom. The quantitative estimate of drug-likeness (QED) is 0.938. The summed E-state index contributed by atoms with van der Waals surface area (Å²) in [6.07, 6.45) is 5.28. The summed E-state index contributed by atoms with van der Waals surface area (Å²) in [5.74, 6) is 1.74. The summed E-state index contributed by atoms with van der Waals surface area (Å²) in [4.78, 5) is 13.2. The van der Waals surface area contributed by atoms with E-state index < -0.39 is 0 Å². The van der Waals surface area contributed by atoms with Gasteiger partial charge in [0.2, 0.25) is 5.91 Å². The lowest BCUT2D eigenvalue weighted by atomic mass is 10.1. The van der Waals surface area contributed by atoms with Crippen LogP contribution in [0.4, 0.5) is 5.82 Å². The van der Waals surface area contributed by atoms with Crippen LogP contribution in [-0.2, 0) is 11.2 Å². The van der Waals surface area contributed by atoms with Gasteiger partial charge in [0, 0.05) is 10.9 Å². The van der Waals surface area contributed by atoms with Crippen molar-refractivity contribution in [3.05, 3.63) is 28.5 Å². The Hall–Kier alpha value is -1.69. The van der Waals surface area contributed by atoms with Gasteiger partial charge in [0.05, 0.1) is 12.1 Å². The third-order valence-corrected chi connectivity index (χ3v) is 4.51. The van der Waals surface area contributed by atoms with Crippen LogP contribution < -0.4 is 5.32 Å². The molecule has 0 radical (unpaired) electrons. The van der Waals surface area contributed by atoms with Crippen LogP contribution in [0.25, 0.3) is 0 Å². The number of amides is 1. The number of hydrogen-bond acceptors (Lipinski definition) is 5. The number of carbonyl (C=O) groups excluding carboxylic acids is 1. The molecule has 2 heterocycles. The zero-order chi connectivity index (χ0) is 13.9. The average molecular weight is 291 g/mol. The minimum absolute atomic E-state index is 0.121. The molecule has 1 saturated carbocycles. The van der Waals surface area contributed by atoms with Gasteiger partial charge in [-0.1, -0.05) is 18.0 Å². The van der Waals surface area contributed by atoms with Gasteiger partial charge in [0.1, 0.15) is 11.6 Å². The van der Waals surface area contributed by atoms with Crippen molar-refractivity contribution in [1.29, 1.82) is 0 Å². The van der Waals surface area contributed by atoms with Crippen LogP contribution >= 0.6 is 11.5 Å². The smallest absolute Gasteiger partial charge is 0.233 e. The van der Waals surface area contributed by atoms with Crippen molar-refractivity contribution in [1.82, 2.24) is 9.53 Å². The third-order valence-electron chi connectivity index (χ3n) is 3.56. The van der Waals surface area contributed by atoms with Gasteiger partial charge >= 0.3 is 0 Å². The molecule has 106 valence electrons. The topological polar surface area (TPSA) is 68.0 Å². The standard InChI is InChI=1S/C14H17N3O2S/c1-9-6-11(19-16-9)7-14(18)15-13-8-12(20-17-13)10-4-2-3-5-10/h6,8,10H,2-5,7H2,1H3,(H,15,17,18). The lowest BCUT2D eigenvalue weighted by Gasteiger charge is -2.02. The second-order valence-electron chi connectivity index (χ2n) is 5.26. The molecule has 1 N–H and O–H groups in total. The molecule has 1 aliphatic carbocycles. The Balaban J connectivity index is 1.58. The predicted octanol–water partition coefficient (Wildman–Crippen LogP) is 3.28. The second-order valence-corrected chi connectivity index (χ2v) is 6.09. The molecule has 6 heteroatoms. The number of rotatable bonds is 4. The van der Waals surface area contributed by atoms with Crippen molar-refractivity contribution in [2.45, 2.75) is 44.9 Å². The van der Waals surface area contributed by atoms with Gasteiger partial charge in [-0.15, -0.1) is 0 Å². The molecule has 0 aromatic carbocycles. The fourth-order valence-electron chi connectivity index (χ4n) is 2.60. The van der Waals surface area contributed by atoms with Crippen LogP contribution in [0, 0.1) is 6.92 Å². The van der Waals surface area contributed by atoms with E-state index in [1.165, 1.54) is 42.1 Å². The first-order valence-electron chi connectivity index (χ1n) is 6.89. The van der Waals surface area contributed by atoms with Crippen molar-refractivity contribution < 1.29 is 9.32 Å². The van der Waals surface area contributed by atoms with Gasteiger partial charge in [0.15, 0.2) is 0 Å². The molecule has 5 nitrogen and oxygen atoms in total. The molecule has 1 amide bonds. The van der Waals surface area contributed by atoms with Crippen LogP contribution in [0.15, 0.2) is 16.7 Å². The van der Waals surface area contributed by atoms with Crippen molar-refractivity contribution in [3.63, 3.8) is 0 Å². The zero-order valence-corrected chi connectivity index (χ0v) is 12.2. The van der Waals surface area contributed by atoms with E-state index in [4.69, 9.17) is 4.52 Å². The summed E-state index contributed by atoms with van der Waals surface area (Å²) in [5, 5.41) is 6.58. The van der Waals surface area contributed by atoms with E-state index >= 15 is 0 Å². The average Bonchev–Trinajstić information content (AvgIpc) is 3.10. The van der Waals surface area contributed by atoms with Gasteiger partial charge in [-0.3, -0.25) is 4.79 Å². The molecule has 2 aromatic rings. The van der Waals surface area contributed by atoms with Crippen LogP contribution in [0.2, 0.25) is 0 Å². The highest BCUT2D eigenvalue weighted by Crippen LogP contribution is 2.37. The van der Waals surface area contributed by atoms with Crippen molar-refractivity contribution in [2.24, 2.45) is 0 Å². The third kappa shape index (κ3) is 3.07. The summed E-state index contributed by atoms with van der Waals surface area (Å²) < 4.78 is 9.34. The number of carbonyl (C=O) groups is 1. The Morgan fingerprint density at radius 3 is 2.95 bits per heavy atom. The van der Waals surface area contributed by atoms with Crippen LogP contribution in [0.3, 0.4) is 0 Å². The number of aromatic nitrogens is 2. The maximum absolute atomic E-state index is 11.9. The number of nitrogens with zero attached hydrogens (tertiary/aromatic N) is 2. The lowest BCUT2D eigenvalue weighted by Crippen LogP contribution is -2.14. The minimum atomic E-state index is -0.121. The molecule has 3 rings (SSSR count). The Kier molecular flexibility index (Phi) is 3.82. The molecular formula is C14H17N3O2S. The van der Waals surface area contributed by atoms with Crippen LogP contribution in [0.5, 0.6) is 0 Å². The molecule has 0 bridgehead atoms. The maximum Gasteiger partial charge on any atom is 0.233 e. The Morgan fingerprint density at radius 2 is 2.25 bits per heavy atom. The van der Waals surface area contributed by atoms with E-state index in [1.807, 2.05) is 13.0 Å². The van der Waals surface area contributed by atoms with Crippen molar-refractivity contribution in [3.8, 4) is 0 Å². The molecule has 1 fully saturated rings. The molecule has 0 aliphatic heterocycles. The monoisotopic (exact) mass is 291 g/mol. The molecule has 0 saturated heterocycles. The fourth-order valence-corrected chi connectivity index (χ4v) is 3.45. The summed E-state index contributed by atoms with van der Waals surface area (Å²) in [7, 11) is 0. The summed E-state index contributed by atoms with van der Waals surface area (Å²) in [6.45, 7) is 1.83. The highest BCUT2D eigenvalue weighted by atomic mass is 32.1. The van der Waals surface area contributed by atoms with Gasteiger partial charge in [-0.2, -0.15) is 4.37 Å². The van der Waals surface area contributed by atoms with E-state index in [-0.39, 0.29) is 12.3 Å². The molecule has 0 unspecified atom stereocenters. The highest BCUT2D eigenvalue weighted by molar-refractivity contribution is 7.06. The first-order chi connectivity index (χ1) is 9.70. The number of hydrogen-bond donors (Lipinski definition) is 1. The van der Waals surface area contributed by atoms with E-state index in [9.17, 15) is 4.79 Å². The Bertz CT molecular complexity index is 599. The van der Waals surface area contributed by atoms with Crippen molar-refractivity contribution in [2.75, 3.05) is 5.32 Å². The van der Waals surface area contributed by atoms with E-state index in [1.54, 1.807) is 6.07 Å². The van der Waals surface area contributed by atoms with Crippen LogP contribution in [0.1, 0.15) is 47.9 Å². The number of anilines is 1. The molecular weight excluding hydrogens is 274 g/mol. The molecule has 1 aliphatic rings. The molecule has 0 atom stereocenters. The first kappa shape index (κ1) is 13.3. The van der Waals surface area contributed by atoms with Gasteiger partial charge in [0.25, 0.3) is 0 Å². The van der Waals surface area contributed by atoms with Crippen LogP contribution in [-0.4, -0.2) is 15.4 Å². The normalized spacial score (nSPS) is 15.7. The lowest BCUT2D eigenvalue weighted by molar-refractivity contribution is -0.115. The SMILES string of the molecule is Cc1cc(CC(=O)Nc2cc(C3CCCC3)sn2)on1. The molecule has 20 heavy (non-hydrogen) atoms. The summed E-state index contributed by atoms with van der Waals surface area (Å²) in [6, 6.07) is 3.77. The first-order valence-corrected chi connectivity index (χ1v) is 7.67. The highest BCUT2D eigenvalue weighted by Gasteiger charge is 2.20. The van der Waals surface area contributed by atoms with E-state index in [0.717, 1.165) is 5.69 Å². The Labute approximate surface area is 121 Å². The fraction of sp³-hybridized carbons (Fsp3) is 0.500. The number of aryl methyl sites for hydroxylation is 1. The minimum Gasteiger partial charge on any atom is -0.361 e. The van der Waals surface area contributed by atoms with Gasteiger partial charge in [-0.25, -0.2) is 0 Å². The molecule has 2 aromatic heterocycles. The summed E-state index contributed by atoms with van der Waals surface area (Å²) in [5.41, 5.74) is 0.782. The van der Waals surface area contributed by atoms with E-state index in [0.29, 0.717) is 17.5 Å². The summed E-state index contributed by atoms with van der Waals surface area (Å²) >= 11 is 1.50. The second kappa shape index (κ2) is 5.75. The van der Waals surface area contributed by atoms with E-state index in [2.05, 4.69) is 14.8 Å². The number of nitrogens with one attached hydrogen (secondary N) is 1. The molecule has 0 spiro atoms. The van der Waals surface area contributed by atoms with Gasteiger partial charge < -0.3 is 9.84 Å². The maximum atomic E-state index is 11.9. The largest absolute Gasteiger partial charge is 0.361 e. The van der Waals surface area contributed by atoms with Crippen molar-refractivity contribution >= 4 is 23.3 Å². The zero-order valence-electron chi connectivity index (χ0n) is 11.4. The predicted molar refractivity (Wildman–Crippen MR) is 76.9 cm³/mol.